The van der Waals surface area contributed by atoms with Gasteiger partial charge in [-0.1, -0.05) is 48.5 Å². The number of hydrogen-bond donors (Lipinski definition) is 2. The molecule has 0 saturated heterocycles. The van der Waals surface area contributed by atoms with Crippen LogP contribution in [0, 0.1) is 6.92 Å². The number of nitrogens with zero attached hydrogens (tertiary/aromatic N) is 2. The van der Waals surface area contributed by atoms with Crippen LogP contribution < -0.4 is 10.6 Å². The first-order chi connectivity index (χ1) is 17.5. The molecule has 2 heterocycles. The van der Waals surface area contributed by atoms with E-state index in [0.29, 0.717) is 35.1 Å². The Balaban J connectivity index is 1.22. The molecular weight excluding hydrogens is 452 g/mol. The standard InChI is InChI=1S/C29H26N4O3/c1-19-24(18-30-28(35)26-17-22-10-6-7-11-25(22)33(26)2)32-29(36-19)21-12-14-23(15-13-21)31-27(34)16-20-8-4-3-5-9-20/h3-15,17H,16,18H2,1-2H3,(H,30,35)(H,31,34). The number of oxazole rings is 1. The number of para-hydroxylation sites is 1. The van der Waals surface area contributed by atoms with Gasteiger partial charge in [0.05, 0.1) is 13.0 Å². The highest BCUT2D eigenvalue weighted by molar-refractivity contribution is 5.98. The van der Waals surface area contributed by atoms with Crippen LogP contribution in [-0.2, 0) is 24.8 Å². The van der Waals surface area contributed by atoms with Gasteiger partial charge >= 0.3 is 0 Å². The van der Waals surface area contributed by atoms with Crippen molar-refractivity contribution >= 4 is 28.4 Å². The Kier molecular flexibility index (Phi) is 6.36. The van der Waals surface area contributed by atoms with E-state index in [4.69, 9.17) is 4.42 Å². The maximum atomic E-state index is 12.8. The number of fused-ring (bicyclic) bond motifs is 1. The monoisotopic (exact) mass is 478 g/mol. The summed E-state index contributed by atoms with van der Waals surface area (Å²) in [6.45, 7) is 2.08. The second kappa shape index (κ2) is 9.92. The lowest BCUT2D eigenvalue weighted by Gasteiger charge is -2.06. The molecule has 7 heteroatoms. The molecule has 0 saturated carbocycles. The van der Waals surface area contributed by atoms with Crippen molar-refractivity contribution in [2.24, 2.45) is 7.05 Å². The number of nitrogens with one attached hydrogen (secondary N) is 2. The average Bonchev–Trinajstić information content (AvgIpc) is 3.43. The highest BCUT2D eigenvalue weighted by Gasteiger charge is 2.16. The molecule has 2 aromatic heterocycles. The summed E-state index contributed by atoms with van der Waals surface area (Å²) >= 11 is 0. The Morgan fingerprint density at radius 3 is 2.42 bits per heavy atom. The number of carbonyl (C=O) groups is 2. The minimum absolute atomic E-state index is 0.0786. The molecule has 2 amide bonds. The number of rotatable bonds is 7. The number of hydrogen-bond acceptors (Lipinski definition) is 4. The van der Waals surface area contributed by atoms with Crippen LogP contribution in [0.15, 0.2) is 89.3 Å². The summed E-state index contributed by atoms with van der Waals surface area (Å²) in [5.74, 6) is 0.851. The Morgan fingerprint density at radius 2 is 1.67 bits per heavy atom. The molecule has 0 fully saturated rings. The maximum Gasteiger partial charge on any atom is 0.268 e. The van der Waals surface area contributed by atoms with Gasteiger partial charge in [0.2, 0.25) is 11.8 Å². The van der Waals surface area contributed by atoms with Crippen LogP contribution in [0.5, 0.6) is 0 Å². The summed E-state index contributed by atoms with van der Waals surface area (Å²) in [6, 6.07) is 26.7. The predicted octanol–water partition coefficient (Wildman–Crippen LogP) is 5.25. The molecule has 0 aliphatic carbocycles. The van der Waals surface area contributed by atoms with E-state index in [2.05, 4.69) is 15.6 Å². The summed E-state index contributed by atoms with van der Waals surface area (Å²) in [7, 11) is 1.88. The van der Waals surface area contributed by atoms with E-state index < -0.39 is 0 Å². The lowest BCUT2D eigenvalue weighted by atomic mass is 10.1. The molecule has 0 radical (unpaired) electrons. The first-order valence-electron chi connectivity index (χ1n) is 11.7. The van der Waals surface area contributed by atoms with E-state index in [9.17, 15) is 9.59 Å². The molecule has 5 aromatic rings. The van der Waals surface area contributed by atoms with Gasteiger partial charge in [0.15, 0.2) is 0 Å². The topological polar surface area (TPSA) is 89.2 Å². The quantitative estimate of drug-likeness (QED) is 0.334. The van der Waals surface area contributed by atoms with E-state index in [1.807, 2.05) is 103 Å². The average molecular weight is 479 g/mol. The lowest BCUT2D eigenvalue weighted by Crippen LogP contribution is -2.25. The molecule has 7 nitrogen and oxygen atoms in total. The van der Waals surface area contributed by atoms with Crippen molar-refractivity contribution in [3.05, 3.63) is 108 Å². The van der Waals surface area contributed by atoms with Gasteiger partial charge in [-0.2, -0.15) is 0 Å². The van der Waals surface area contributed by atoms with E-state index in [0.717, 1.165) is 22.0 Å². The van der Waals surface area contributed by atoms with Gasteiger partial charge in [-0.05, 0) is 48.9 Å². The molecule has 0 aliphatic heterocycles. The molecule has 0 spiro atoms. The van der Waals surface area contributed by atoms with Crippen molar-refractivity contribution in [1.29, 1.82) is 0 Å². The van der Waals surface area contributed by atoms with E-state index >= 15 is 0 Å². The molecule has 0 aliphatic rings. The first kappa shape index (κ1) is 23.1. The first-order valence-corrected chi connectivity index (χ1v) is 11.7. The zero-order valence-electron chi connectivity index (χ0n) is 20.1. The maximum absolute atomic E-state index is 12.8. The minimum atomic E-state index is -0.173. The number of amides is 2. The van der Waals surface area contributed by atoms with Crippen LogP contribution in [0.2, 0.25) is 0 Å². The van der Waals surface area contributed by atoms with Crippen molar-refractivity contribution in [1.82, 2.24) is 14.9 Å². The van der Waals surface area contributed by atoms with Crippen LogP contribution in [0.3, 0.4) is 0 Å². The summed E-state index contributed by atoms with van der Waals surface area (Å²) in [5, 5.41) is 6.87. The van der Waals surface area contributed by atoms with Gasteiger partial charge in [-0.15, -0.1) is 0 Å². The molecule has 2 N–H and O–H groups in total. The predicted molar refractivity (Wildman–Crippen MR) is 140 cm³/mol. The second-order valence-electron chi connectivity index (χ2n) is 8.64. The fourth-order valence-corrected chi connectivity index (χ4v) is 4.16. The zero-order chi connectivity index (χ0) is 25.1. The van der Waals surface area contributed by atoms with Crippen LogP contribution in [0.25, 0.3) is 22.4 Å². The van der Waals surface area contributed by atoms with Crippen LogP contribution in [0.1, 0.15) is 27.5 Å². The molecule has 0 atom stereocenters. The van der Waals surface area contributed by atoms with Crippen molar-refractivity contribution in [2.75, 3.05) is 5.32 Å². The van der Waals surface area contributed by atoms with Crippen molar-refractivity contribution in [3.8, 4) is 11.5 Å². The van der Waals surface area contributed by atoms with Crippen LogP contribution in [-0.4, -0.2) is 21.4 Å². The fourth-order valence-electron chi connectivity index (χ4n) is 4.16. The lowest BCUT2D eigenvalue weighted by molar-refractivity contribution is -0.115. The summed E-state index contributed by atoms with van der Waals surface area (Å²) in [6.07, 6.45) is 0.315. The van der Waals surface area contributed by atoms with Gasteiger partial charge in [0.25, 0.3) is 5.91 Å². The van der Waals surface area contributed by atoms with Crippen molar-refractivity contribution < 1.29 is 14.0 Å². The van der Waals surface area contributed by atoms with Crippen molar-refractivity contribution in [3.63, 3.8) is 0 Å². The van der Waals surface area contributed by atoms with Crippen molar-refractivity contribution in [2.45, 2.75) is 19.9 Å². The Morgan fingerprint density at radius 1 is 0.944 bits per heavy atom. The molecule has 36 heavy (non-hydrogen) atoms. The Bertz CT molecular complexity index is 1530. The molecule has 180 valence electrons. The second-order valence-corrected chi connectivity index (χ2v) is 8.64. The number of anilines is 1. The molecule has 3 aromatic carbocycles. The molecule has 0 bridgehead atoms. The van der Waals surface area contributed by atoms with E-state index in [-0.39, 0.29) is 18.4 Å². The van der Waals surface area contributed by atoms with E-state index in [1.165, 1.54) is 0 Å². The highest BCUT2D eigenvalue weighted by atomic mass is 16.4. The summed E-state index contributed by atoms with van der Waals surface area (Å²) < 4.78 is 7.74. The summed E-state index contributed by atoms with van der Waals surface area (Å²) in [5.41, 5.74) is 4.69. The third kappa shape index (κ3) is 4.90. The Labute approximate surface area is 208 Å². The largest absolute Gasteiger partial charge is 0.441 e. The molecular formula is C29H26N4O3. The number of benzene rings is 3. The minimum Gasteiger partial charge on any atom is -0.441 e. The molecule has 0 unspecified atom stereocenters. The normalized spacial score (nSPS) is 10.9. The SMILES string of the molecule is Cc1oc(-c2ccc(NC(=O)Cc3ccccc3)cc2)nc1CNC(=O)c1cc2ccccc2n1C. The fraction of sp³-hybridized carbons (Fsp3) is 0.138. The number of aryl methyl sites for hydroxylation is 2. The van der Waals surface area contributed by atoms with E-state index in [1.54, 1.807) is 0 Å². The van der Waals surface area contributed by atoms with Crippen LogP contribution >= 0.6 is 0 Å². The molecule has 5 rings (SSSR count). The number of aromatic nitrogens is 2. The third-order valence-electron chi connectivity index (χ3n) is 6.12. The number of carbonyl (C=O) groups excluding carboxylic acids is 2. The van der Waals surface area contributed by atoms with Crippen LogP contribution in [0.4, 0.5) is 5.69 Å². The van der Waals surface area contributed by atoms with Gasteiger partial charge in [-0.25, -0.2) is 4.98 Å². The third-order valence-corrected chi connectivity index (χ3v) is 6.12. The van der Waals surface area contributed by atoms with Gasteiger partial charge in [0.1, 0.15) is 17.1 Å². The summed E-state index contributed by atoms with van der Waals surface area (Å²) in [4.78, 5) is 29.7. The highest BCUT2D eigenvalue weighted by Crippen LogP contribution is 2.24. The van der Waals surface area contributed by atoms with Gasteiger partial charge < -0.3 is 19.6 Å². The Hall–Kier alpha value is -4.65. The van der Waals surface area contributed by atoms with Gasteiger partial charge in [-0.3, -0.25) is 9.59 Å². The van der Waals surface area contributed by atoms with Gasteiger partial charge in [0, 0.05) is 29.2 Å². The zero-order valence-corrected chi connectivity index (χ0v) is 20.1. The smallest absolute Gasteiger partial charge is 0.268 e.